The fourth-order valence-corrected chi connectivity index (χ4v) is 1.65. The molecule has 0 atom stereocenters. The molecule has 0 unspecified atom stereocenters. The van der Waals surface area contributed by atoms with E-state index in [0.717, 1.165) is 32.8 Å². The van der Waals surface area contributed by atoms with Crippen molar-refractivity contribution in [2.45, 2.75) is 20.8 Å². The Labute approximate surface area is 116 Å². The molecule has 0 aromatic heterocycles. The van der Waals surface area contributed by atoms with Gasteiger partial charge in [0.05, 0.1) is 19.8 Å². The second-order valence-electron chi connectivity index (χ2n) is 5.62. The highest BCUT2D eigenvalue weighted by atomic mass is 16.5. The predicted molar refractivity (Wildman–Crippen MR) is 75.9 cm³/mol. The lowest BCUT2D eigenvalue weighted by atomic mass is 9.98. The van der Waals surface area contributed by atoms with E-state index in [-0.39, 0.29) is 11.4 Å². The molecule has 1 aliphatic heterocycles. The Kier molecular flexibility index (Phi) is 6.68. The van der Waals surface area contributed by atoms with Gasteiger partial charge in [0.15, 0.2) is 0 Å². The van der Waals surface area contributed by atoms with E-state index in [1.165, 1.54) is 0 Å². The van der Waals surface area contributed by atoms with Crippen molar-refractivity contribution >= 4 is 6.03 Å². The molecule has 0 aromatic rings. The third-order valence-corrected chi connectivity index (χ3v) is 2.62. The summed E-state index contributed by atoms with van der Waals surface area (Å²) in [7, 11) is 0. The maximum Gasteiger partial charge on any atom is 0.315 e. The highest BCUT2D eigenvalue weighted by Gasteiger charge is 2.09. The summed E-state index contributed by atoms with van der Waals surface area (Å²) in [5.74, 6) is 6.02. The van der Waals surface area contributed by atoms with Crippen LogP contribution in [-0.2, 0) is 4.74 Å². The molecule has 2 amide bonds. The Hall–Kier alpha value is -1.25. The van der Waals surface area contributed by atoms with Gasteiger partial charge < -0.3 is 15.4 Å². The minimum Gasteiger partial charge on any atom is -0.379 e. The van der Waals surface area contributed by atoms with Crippen LogP contribution in [0.2, 0.25) is 0 Å². The highest BCUT2D eigenvalue weighted by Crippen LogP contribution is 2.09. The zero-order valence-corrected chi connectivity index (χ0v) is 12.2. The maximum absolute atomic E-state index is 11.5. The smallest absolute Gasteiger partial charge is 0.315 e. The number of rotatable bonds is 4. The normalized spacial score (nSPS) is 16.4. The molecule has 1 heterocycles. The van der Waals surface area contributed by atoms with Crippen LogP contribution >= 0.6 is 0 Å². The molecule has 0 saturated carbocycles. The van der Waals surface area contributed by atoms with Gasteiger partial charge in [-0.25, -0.2) is 4.79 Å². The predicted octanol–water partition coefficient (Wildman–Crippen LogP) is 0.667. The largest absolute Gasteiger partial charge is 0.379 e. The van der Waals surface area contributed by atoms with Crippen molar-refractivity contribution in [3.05, 3.63) is 0 Å². The van der Waals surface area contributed by atoms with Crippen LogP contribution in [0.1, 0.15) is 20.8 Å². The van der Waals surface area contributed by atoms with Gasteiger partial charge in [-0.1, -0.05) is 11.8 Å². The van der Waals surface area contributed by atoms with Crippen LogP contribution in [0.15, 0.2) is 0 Å². The molecule has 0 spiro atoms. The molecule has 0 aromatic carbocycles. The van der Waals surface area contributed by atoms with E-state index in [9.17, 15) is 4.79 Å². The number of amides is 2. The molecule has 5 heteroatoms. The van der Waals surface area contributed by atoms with Gasteiger partial charge in [0.2, 0.25) is 0 Å². The summed E-state index contributed by atoms with van der Waals surface area (Å²) in [6.45, 7) is 11.5. The van der Waals surface area contributed by atoms with E-state index in [1.807, 2.05) is 20.8 Å². The lowest BCUT2D eigenvalue weighted by Crippen LogP contribution is -2.43. The maximum atomic E-state index is 11.5. The second kappa shape index (κ2) is 8.03. The van der Waals surface area contributed by atoms with Gasteiger partial charge in [-0.15, -0.1) is 0 Å². The summed E-state index contributed by atoms with van der Waals surface area (Å²) in [4.78, 5) is 13.8. The van der Waals surface area contributed by atoms with Gasteiger partial charge in [0.1, 0.15) is 0 Å². The summed E-state index contributed by atoms with van der Waals surface area (Å²) in [5.41, 5.74) is -0.0194. The minimum absolute atomic E-state index is 0.0194. The summed E-state index contributed by atoms with van der Waals surface area (Å²) < 4.78 is 5.26. The molecule has 5 nitrogen and oxygen atoms in total. The van der Waals surface area contributed by atoms with Crippen molar-refractivity contribution in [2.75, 3.05) is 45.9 Å². The van der Waals surface area contributed by atoms with E-state index >= 15 is 0 Å². The lowest BCUT2D eigenvalue weighted by molar-refractivity contribution is 0.0387. The summed E-state index contributed by atoms with van der Waals surface area (Å²) in [5, 5.41) is 5.55. The van der Waals surface area contributed by atoms with Crippen LogP contribution in [0, 0.1) is 17.3 Å². The van der Waals surface area contributed by atoms with Gasteiger partial charge in [-0.2, -0.15) is 0 Å². The Morgan fingerprint density at radius 3 is 2.58 bits per heavy atom. The van der Waals surface area contributed by atoms with Crippen molar-refractivity contribution in [3.8, 4) is 11.8 Å². The van der Waals surface area contributed by atoms with Gasteiger partial charge in [-0.3, -0.25) is 4.90 Å². The SMILES string of the molecule is CC(C)(C)C#CCNC(=O)NCCN1CCOCC1. The fraction of sp³-hybridized carbons (Fsp3) is 0.786. The number of nitrogens with zero attached hydrogens (tertiary/aromatic N) is 1. The van der Waals surface area contributed by atoms with Gasteiger partial charge in [0.25, 0.3) is 0 Å². The van der Waals surface area contributed by atoms with Crippen molar-refractivity contribution < 1.29 is 9.53 Å². The zero-order chi connectivity index (χ0) is 14.1. The number of urea groups is 1. The standard InChI is InChI=1S/C14H25N3O2/c1-14(2,3)5-4-6-15-13(18)16-7-8-17-9-11-19-12-10-17/h6-12H2,1-3H3,(H2,15,16,18). The molecule has 0 aliphatic carbocycles. The van der Waals surface area contributed by atoms with Crippen LogP contribution < -0.4 is 10.6 Å². The Morgan fingerprint density at radius 2 is 1.95 bits per heavy atom. The first-order chi connectivity index (χ1) is 8.97. The van der Waals surface area contributed by atoms with Crippen LogP contribution in [0.3, 0.4) is 0 Å². The van der Waals surface area contributed by atoms with Crippen molar-refractivity contribution in [1.29, 1.82) is 0 Å². The van der Waals surface area contributed by atoms with Crippen LogP contribution in [-0.4, -0.2) is 56.9 Å². The van der Waals surface area contributed by atoms with Crippen LogP contribution in [0.4, 0.5) is 4.79 Å². The molecule has 19 heavy (non-hydrogen) atoms. The molecule has 1 rings (SSSR count). The van der Waals surface area contributed by atoms with E-state index in [4.69, 9.17) is 4.74 Å². The molecular weight excluding hydrogens is 242 g/mol. The van der Waals surface area contributed by atoms with Crippen LogP contribution in [0.25, 0.3) is 0 Å². The molecule has 2 N–H and O–H groups in total. The molecule has 1 aliphatic rings. The monoisotopic (exact) mass is 267 g/mol. The molecule has 0 radical (unpaired) electrons. The lowest BCUT2D eigenvalue weighted by Gasteiger charge is -2.26. The first kappa shape index (κ1) is 15.8. The Bertz CT molecular complexity index is 333. The number of ether oxygens (including phenoxy) is 1. The van der Waals surface area contributed by atoms with Gasteiger partial charge in [-0.05, 0) is 20.8 Å². The Morgan fingerprint density at radius 1 is 1.26 bits per heavy atom. The summed E-state index contributed by atoms with van der Waals surface area (Å²) >= 11 is 0. The first-order valence-electron chi connectivity index (χ1n) is 6.79. The topological polar surface area (TPSA) is 53.6 Å². The fourth-order valence-electron chi connectivity index (χ4n) is 1.65. The second-order valence-corrected chi connectivity index (χ2v) is 5.62. The number of hydrogen-bond acceptors (Lipinski definition) is 3. The number of carbonyl (C=O) groups excluding carboxylic acids is 1. The van der Waals surface area contributed by atoms with E-state index in [1.54, 1.807) is 0 Å². The highest BCUT2D eigenvalue weighted by molar-refractivity contribution is 5.74. The quantitative estimate of drug-likeness (QED) is 0.736. The van der Waals surface area contributed by atoms with E-state index in [2.05, 4.69) is 27.4 Å². The first-order valence-corrected chi connectivity index (χ1v) is 6.79. The van der Waals surface area contributed by atoms with Crippen molar-refractivity contribution in [1.82, 2.24) is 15.5 Å². The Balaban J connectivity index is 2.05. The zero-order valence-electron chi connectivity index (χ0n) is 12.2. The molecule has 1 saturated heterocycles. The number of morpholine rings is 1. The van der Waals surface area contributed by atoms with E-state index < -0.39 is 0 Å². The molecule has 1 fully saturated rings. The third-order valence-electron chi connectivity index (χ3n) is 2.62. The van der Waals surface area contributed by atoms with Crippen LogP contribution in [0.5, 0.6) is 0 Å². The summed E-state index contributed by atoms with van der Waals surface area (Å²) in [6.07, 6.45) is 0. The van der Waals surface area contributed by atoms with Crippen molar-refractivity contribution in [2.24, 2.45) is 5.41 Å². The van der Waals surface area contributed by atoms with Gasteiger partial charge in [0, 0.05) is 31.6 Å². The molecule has 108 valence electrons. The average Bonchev–Trinajstić information content (AvgIpc) is 2.35. The van der Waals surface area contributed by atoms with Crippen molar-refractivity contribution in [3.63, 3.8) is 0 Å². The number of nitrogens with one attached hydrogen (secondary N) is 2. The molecular formula is C14H25N3O2. The number of carbonyl (C=O) groups is 1. The minimum atomic E-state index is -0.156. The van der Waals surface area contributed by atoms with Gasteiger partial charge >= 0.3 is 6.03 Å². The third kappa shape index (κ3) is 8.46. The molecule has 0 bridgehead atoms. The van der Waals surface area contributed by atoms with E-state index in [0.29, 0.717) is 13.1 Å². The average molecular weight is 267 g/mol. The summed E-state index contributed by atoms with van der Waals surface area (Å²) in [6, 6.07) is -0.156. The number of hydrogen-bond donors (Lipinski definition) is 2.